The SMILES string of the molecule is CN(Cc1cn2c(N3CC4CCCNC4C3)nccc2n1)C1CCCc2cccnc21. The highest BCUT2D eigenvalue weighted by molar-refractivity contribution is 5.48. The summed E-state index contributed by atoms with van der Waals surface area (Å²) in [6, 6.07) is 7.26. The lowest BCUT2D eigenvalue weighted by atomic mass is 9.91. The number of hydrogen-bond donors (Lipinski definition) is 1. The van der Waals surface area contributed by atoms with Gasteiger partial charge in [0.25, 0.3) is 0 Å². The first-order valence-corrected chi connectivity index (χ1v) is 11.7. The summed E-state index contributed by atoms with van der Waals surface area (Å²) in [7, 11) is 2.20. The van der Waals surface area contributed by atoms with Crippen LogP contribution in [0.15, 0.2) is 36.8 Å². The molecule has 3 aromatic rings. The second kappa shape index (κ2) is 7.88. The van der Waals surface area contributed by atoms with Crippen molar-refractivity contribution in [1.29, 1.82) is 0 Å². The van der Waals surface area contributed by atoms with Crippen LogP contribution in [0.1, 0.15) is 48.7 Å². The number of fused-ring (bicyclic) bond motifs is 3. The van der Waals surface area contributed by atoms with E-state index in [1.807, 2.05) is 18.5 Å². The van der Waals surface area contributed by atoms with E-state index in [1.165, 1.54) is 30.5 Å². The number of aryl methyl sites for hydroxylation is 1. The molecule has 0 amide bonds. The third-order valence-electron chi connectivity index (χ3n) is 7.40. The van der Waals surface area contributed by atoms with E-state index in [1.54, 1.807) is 0 Å². The van der Waals surface area contributed by atoms with Gasteiger partial charge in [-0.15, -0.1) is 0 Å². The van der Waals surface area contributed by atoms with E-state index >= 15 is 0 Å². The van der Waals surface area contributed by atoms with Gasteiger partial charge in [-0.3, -0.25) is 14.3 Å². The topological polar surface area (TPSA) is 61.6 Å². The second-order valence-electron chi connectivity index (χ2n) is 9.44. The molecule has 3 aliphatic rings. The molecule has 3 atom stereocenters. The molecule has 6 rings (SSSR count). The molecule has 0 bridgehead atoms. The number of pyridine rings is 1. The van der Waals surface area contributed by atoms with Crippen LogP contribution in [0.4, 0.5) is 5.95 Å². The lowest BCUT2D eigenvalue weighted by Gasteiger charge is -2.31. The summed E-state index contributed by atoms with van der Waals surface area (Å²) in [4.78, 5) is 19.3. The molecule has 3 unspecified atom stereocenters. The molecule has 0 spiro atoms. The number of aromatic nitrogens is 4. The molecule has 2 saturated heterocycles. The van der Waals surface area contributed by atoms with Crippen molar-refractivity contribution < 1.29 is 0 Å². The van der Waals surface area contributed by atoms with Crippen LogP contribution in [0.3, 0.4) is 0 Å². The molecule has 7 nitrogen and oxygen atoms in total. The van der Waals surface area contributed by atoms with Gasteiger partial charge in [0.2, 0.25) is 5.95 Å². The Hall–Kier alpha value is -2.51. The summed E-state index contributed by atoms with van der Waals surface area (Å²) in [5.74, 6) is 1.76. The standard InChI is InChI=1S/C24H31N7/c1-29(21-8-2-5-17-6-3-11-26-23(17)21)14-19-15-31-22(28-19)9-12-27-24(31)30-13-18-7-4-10-25-20(18)16-30/h3,6,9,11-12,15,18,20-21,25H,2,4-5,7-8,10,13-14,16H2,1H3. The Kier molecular flexibility index (Phi) is 4.88. The Labute approximate surface area is 183 Å². The number of rotatable bonds is 4. The lowest BCUT2D eigenvalue weighted by molar-refractivity contribution is 0.206. The highest BCUT2D eigenvalue weighted by atomic mass is 15.3. The van der Waals surface area contributed by atoms with E-state index in [-0.39, 0.29) is 0 Å². The smallest absolute Gasteiger partial charge is 0.211 e. The van der Waals surface area contributed by atoms with Gasteiger partial charge in [0, 0.05) is 44.3 Å². The maximum absolute atomic E-state index is 4.94. The third kappa shape index (κ3) is 3.49. The molecular weight excluding hydrogens is 386 g/mol. The fourth-order valence-corrected chi connectivity index (χ4v) is 5.86. The molecule has 0 aromatic carbocycles. The fourth-order valence-electron chi connectivity index (χ4n) is 5.86. The highest BCUT2D eigenvalue weighted by Gasteiger charge is 2.35. The summed E-state index contributed by atoms with van der Waals surface area (Å²) in [6.07, 6.45) is 12.1. The molecule has 0 radical (unpaired) electrons. The van der Waals surface area contributed by atoms with Crippen molar-refractivity contribution in [3.63, 3.8) is 0 Å². The van der Waals surface area contributed by atoms with Gasteiger partial charge in [-0.25, -0.2) is 9.97 Å². The molecule has 31 heavy (non-hydrogen) atoms. The number of imidazole rings is 1. The van der Waals surface area contributed by atoms with Crippen LogP contribution < -0.4 is 10.2 Å². The Morgan fingerprint density at radius 2 is 2.10 bits per heavy atom. The Morgan fingerprint density at radius 3 is 3.03 bits per heavy atom. The van der Waals surface area contributed by atoms with E-state index in [0.29, 0.717) is 12.1 Å². The summed E-state index contributed by atoms with van der Waals surface area (Å²) < 4.78 is 2.19. The van der Waals surface area contributed by atoms with Crippen LogP contribution in [-0.2, 0) is 13.0 Å². The first kappa shape index (κ1) is 19.2. The number of piperidine rings is 1. The van der Waals surface area contributed by atoms with Crippen LogP contribution >= 0.6 is 0 Å². The van der Waals surface area contributed by atoms with E-state index in [2.05, 4.69) is 44.9 Å². The summed E-state index contributed by atoms with van der Waals surface area (Å²) in [5.41, 5.74) is 4.72. The zero-order valence-electron chi connectivity index (χ0n) is 18.2. The maximum atomic E-state index is 4.94. The van der Waals surface area contributed by atoms with E-state index in [4.69, 9.17) is 15.0 Å². The minimum absolute atomic E-state index is 0.361. The molecule has 2 aliphatic heterocycles. The van der Waals surface area contributed by atoms with Crippen LogP contribution in [0.2, 0.25) is 0 Å². The van der Waals surface area contributed by atoms with Crippen molar-refractivity contribution in [1.82, 2.24) is 29.6 Å². The zero-order valence-corrected chi connectivity index (χ0v) is 18.2. The normalized spacial score (nSPS) is 25.7. The molecule has 7 heteroatoms. The lowest BCUT2D eigenvalue weighted by Crippen LogP contribution is -2.40. The Bertz CT molecular complexity index is 1060. The van der Waals surface area contributed by atoms with Crippen LogP contribution in [-0.4, -0.2) is 57.0 Å². The van der Waals surface area contributed by atoms with E-state index in [0.717, 1.165) is 62.2 Å². The van der Waals surface area contributed by atoms with Gasteiger partial charge < -0.3 is 10.2 Å². The molecule has 1 N–H and O–H groups in total. The molecule has 1 aliphatic carbocycles. The molecule has 162 valence electrons. The molecule has 0 saturated carbocycles. The molecule has 3 aromatic heterocycles. The van der Waals surface area contributed by atoms with Crippen LogP contribution in [0, 0.1) is 5.92 Å². The Balaban J connectivity index is 1.24. The van der Waals surface area contributed by atoms with Crippen LogP contribution in [0.25, 0.3) is 5.65 Å². The maximum Gasteiger partial charge on any atom is 0.211 e. The predicted octanol–water partition coefficient (Wildman–Crippen LogP) is 2.82. The zero-order chi connectivity index (χ0) is 20.8. The monoisotopic (exact) mass is 417 g/mol. The van der Waals surface area contributed by atoms with Crippen LogP contribution in [0.5, 0.6) is 0 Å². The highest BCUT2D eigenvalue weighted by Crippen LogP contribution is 2.33. The average Bonchev–Trinajstić information content (AvgIpc) is 3.42. The quantitative estimate of drug-likeness (QED) is 0.704. The average molecular weight is 418 g/mol. The minimum Gasteiger partial charge on any atom is -0.340 e. The third-order valence-corrected chi connectivity index (χ3v) is 7.40. The van der Waals surface area contributed by atoms with Gasteiger partial charge >= 0.3 is 0 Å². The summed E-state index contributed by atoms with van der Waals surface area (Å²) in [5, 5.41) is 3.70. The number of hydrogen-bond acceptors (Lipinski definition) is 6. The van der Waals surface area contributed by atoms with Crippen molar-refractivity contribution >= 4 is 11.6 Å². The second-order valence-corrected chi connectivity index (χ2v) is 9.44. The first-order valence-electron chi connectivity index (χ1n) is 11.7. The van der Waals surface area contributed by atoms with Gasteiger partial charge in [-0.05, 0) is 69.3 Å². The van der Waals surface area contributed by atoms with Gasteiger partial charge in [0.05, 0.1) is 17.4 Å². The van der Waals surface area contributed by atoms with Gasteiger partial charge in [0.15, 0.2) is 0 Å². The molecule has 5 heterocycles. The molecular formula is C24H31N7. The molecule has 2 fully saturated rings. The van der Waals surface area contributed by atoms with E-state index in [9.17, 15) is 0 Å². The largest absolute Gasteiger partial charge is 0.340 e. The van der Waals surface area contributed by atoms with Crippen molar-refractivity contribution in [2.75, 3.05) is 31.6 Å². The number of nitrogens with one attached hydrogen (secondary N) is 1. The van der Waals surface area contributed by atoms with Gasteiger partial charge in [-0.1, -0.05) is 6.07 Å². The minimum atomic E-state index is 0.361. The van der Waals surface area contributed by atoms with Crippen molar-refractivity contribution in [3.8, 4) is 0 Å². The number of nitrogens with zero attached hydrogens (tertiary/aromatic N) is 6. The van der Waals surface area contributed by atoms with Crippen molar-refractivity contribution in [2.24, 2.45) is 5.92 Å². The van der Waals surface area contributed by atoms with Crippen molar-refractivity contribution in [2.45, 2.75) is 50.7 Å². The van der Waals surface area contributed by atoms with Crippen molar-refractivity contribution in [3.05, 3.63) is 53.7 Å². The first-order chi connectivity index (χ1) is 15.3. The van der Waals surface area contributed by atoms with Gasteiger partial charge in [0.1, 0.15) is 5.65 Å². The van der Waals surface area contributed by atoms with Gasteiger partial charge in [-0.2, -0.15) is 0 Å². The summed E-state index contributed by atoms with van der Waals surface area (Å²) in [6.45, 7) is 4.08. The number of anilines is 1. The summed E-state index contributed by atoms with van der Waals surface area (Å²) >= 11 is 0. The fraction of sp³-hybridized carbons (Fsp3) is 0.542. The predicted molar refractivity (Wildman–Crippen MR) is 121 cm³/mol. The van der Waals surface area contributed by atoms with E-state index < -0.39 is 0 Å². The Morgan fingerprint density at radius 1 is 1.13 bits per heavy atom.